The molecule has 0 aromatic carbocycles. The fraction of sp³-hybridized carbons (Fsp3) is 1.00. The summed E-state index contributed by atoms with van der Waals surface area (Å²) in [6.07, 6.45) is 7.72. The van der Waals surface area contributed by atoms with Crippen LogP contribution in [0.1, 0.15) is 39.0 Å². The molecule has 1 unspecified atom stereocenters. The van der Waals surface area contributed by atoms with E-state index in [0.717, 1.165) is 16.1 Å². The van der Waals surface area contributed by atoms with Crippen molar-refractivity contribution in [1.82, 2.24) is 0 Å². The van der Waals surface area contributed by atoms with E-state index in [0.29, 0.717) is 0 Å². The first-order valence-electron chi connectivity index (χ1n) is 4.56. The fourth-order valence-corrected chi connectivity index (χ4v) is 5.63. The highest BCUT2D eigenvalue weighted by atomic mass is 32.2. The average Bonchev–Trinajstić information content (AvgIpc) is 2.34. The molecule has 2 fully saturated rings. The molecule has 0 aromatic rings. The van der Waals surface area contributed by atoms with Crippen LogP contribution >= 0.6 is 0 Å². The monoisotopic (exact) mass is 157 g/mol. The molecule has 0 saturated carbocycles. The minimum atomic E-state index is 0.870. The van der Waals surface area contributed by atoms with Gasteiger partial charge in [0.25, 0.3) is 0 Å². The Morgan fingerprint density at radius 3 is 2.80 bits per heavy atom. The van der Waals surface area contributed by atoms with Crippen LogP contribution in [0.2, 0.25) is 0 Å². The number of hydrogen-bond donors (Lipinski definition) is 0. The van der Waals surface area contributed by atoms with Crippen molar-refractivity contribution in [3.8, 4) is 0 Å². The van der Waals surface area contributed by atoms with Gasteiger partial charge in [-0.3, -0.25) is 0 Å². The minimum Gasteiger partial charge on any atom is -0.0441 e. The number of rotatable bonds is 0. The van der Waals surface area contributed by atoms with Gasteiger partial charge in [-0.15, -0.1) is 0 Å². The Hall–Kier alpha value is 0.350. The Morgan fingerprint density at radius 1 is 1.10 bits per heavy atom. The van der Waals surface area contributed by atoms with Crippen LogP contribution < -0.4 is 0 Å². The first-order valence-corrected chi connectivity index (χ1v) is 6.08. The highest BCUT2D eigenvalue weighted by molar-refractivity contribution is 7.98. The molecule has 0 amide bonds. The van der Waals surface area contributed by atoms with Gasteiger partial charge in [0.15, 0.2) is 0 Å². The van der Waals surface area contributed by atoms with Crippen molar-refractivity contribution >= 4 is 10.9 Å². The second-order valence-electron chi connectivity index (χ2n) is 3.68. The van der Waals surface area contributed by atoms with Crippen LogP contribution in [0.15, 0.2) is 0 Å². The van der Waals surface area contributed by atoms with Gasteiger partial charge in [0.05, 0.1) is 0 Å². The normalized spacial score (nSPS) is 47.1. The van der Waals surface area contributed by atoms with E-state index in [2.05, 4.69) is 6.92 Å². The summed E-state index contributed by atoms with van der Waals surface area (Å²) in [6.45, 7) is 2.47. The SMILES string of the molecule is C[C@H]1CC[C@H]2CCCC[S+]21. The standard InChI is InChI=1S/C9H17S/c1-8-5-6-9-4-2-3-7-10(8)9/h8-9H,2-7H2,1H3/q+1/t8-,9+,10?/m0/s1. The summed E-state index contributed by atoms with van der Waals surface area (Å²) in [4.78, 5) is 0. The molecule has 0 spiro atoms. The highest BCUT2D eigenvalue weighted by Gasteiger charge is 2.43. The van der Waals surface area contributed by atoms with Crippen LogP contribution in [-0.4, -0.2) is 16.3 Å². The van der Waals surface area contributed by atoms with Crippen LogP contribution in [0.4, 0.5) is 0 Å². The Balaban J connectivity index is 2.01. The molecule has 0 N–H and O–H groups in total. The predicted molar refractivity (Wildman–Crippen MR) is 48.6 cm³/mol. The van der Waals surface area contributed by atoms with Gasteiger partial charge >= 0.3 is 0 Å². The van der Waals surface area contributed by atoms with Crippen LogP contribution in [0, 0.1) is 0 Å². The molecule has 2 rings (SSSR count). The maximum Gasteiger partial charge on any atom is 0.118 e. The number of hydrogen-bond acceptors (Lipinski definition) is 0. The molecule has 0 radical (unpaired) electrons. The summed E-state index contributed by atoms with van der Waals surface area (Å²) in [6, 6.07) is 0. The van der Waals surface area contributed by atoms with Gasteiger partial charge in [0.1, 0.15) is 16.3 Å². The zero-order chi connectivity index (χ0) is 6.97. The lowest BCUT2D eigenvalue weighted by Crippen LogP contribution is -2.28. The van der Waals surface area contributed by atoms with E-state index in [-0.39, 0.29) is 0 Å². The topological polar surface area (TPSA) is 0 Å². The second kappa shape index (κ2) is 2.77. The number of fused-ring (bicyclic) bond motifs is 1. The van der Waals surface area contributed by atoms with E-state index in [1.54, 1.807) is 18.6 Å². The van der Waals surface area contributed by atoms with E-state index < -0.39 is 0 Å². The molecule has 2 heterocycles. The Kier molecular flexibility index (Phi) is 1.94. The minimum absolute atomic E-state index is 0.870. The molecule has 2 aliphatic heterocycles. The van der Waals surface area contributed by atoms with Crippen LogP contribution in [0.25, 0.3) is 0 Å². The van der Waals surface area contributed by atoms with Gasteiger partial charge in [-0.2, -0.15) is 0 Å². The van der Waals surface area contributed by atoms with E-state index in [1.807, 2.05) is 0 Å². The van der Waals surface area contributed by atoms with E-state index >= 15 is 0 Å². The molecule has 0 bridgehead atoms. The third kappa shape index (κ3) is 1.09. The lowest BCUT2D eigenvalue weighted by molar-refractivity contribution is 0.638. The van der Waals surface area contributed by atoms with E-state index in [9.17, 15) is 0 Å². The zero-order valence-electron chi connectivity index (χ0n) is 6.81. The molecule has 10 heavy (non-hydrogen) atoms. The van der Waals surface area contributed by atoms with Crippen LogP contribution in [0.5, 0.6) is 0 Å². The van der Waals surface area contributed by atoms with Gasteiger partial charge in [-0.25, -0.2) is 0 Å². The van der Waals surface area contributed by atoms with Crippen LogP contribution in [0.3, 0.4) is 0 Å². The highest BCUT2D eigenvalue weighted by Crippen LogP contribution is 2.36. The average molecular weight is 157 g/mol. The summed E-state index contributed by atoms with van der Waals surface area (Å²) in [5, 5.41) is 2.26. The third-order valence-electron chi connectivity index (χ3n) is 3.00. The smallest absolute Gasteiger partial charge is 0.0441 e. The molecule has 58 valence electrons. The first kappa shape index (κ1) is 7.02. The Labute approximate surface area is 66.7 Å². The van der Waals surface area contributed by atoms with E-state index in [4.69, 9.17) is 0 Å². The Bertz CT molecular complexity index is 120. The van der Waals surface area contributed by atoms with Gasteiger partial charge in [0.2, 0.25) is 0 Å². The van der Waals surface area contributed by atoms with E-state index in [1.165, 1.54) is 24.5 Å². The van der Waals surface area contributed by atoms with Crippen molar-refractivity contribution in [2.75, 3.05) is 5.75 Å². The first-order chi connectivity index (χ1) is 4.88. The predicted octanol–water partition coefficient (Wildman–Crippen LogP) is 2.34. The van der Waals surface area contributed by atoms with Gasteiger partial charge in [-0.1, -0.05) is 0 Å². The lowest BCUT2D eigenvalue weighted by Gasteiger charge is -2.18. The lowest BCUT2D eigenvalue weighted by atomic mass is 10.1. The largest absolute Gasteiger partial charge is 0.118 e. The molecule has 0 aromatic heterocycles. The van der Waals surface area contributed by atoms with Crippen LogP contribution in [-0.2, 0) is 10.9 Å². The maximum absolute atomic E-state index is 2.47. The summed E-state index contributed by atoms with van der Waals surface area (Å²) in [5.41, 5.74) is 0. The van der Waals surface area contributed by atoms with Crippen molar-refractivity contribution in [1.29, 1.82) is 0 Å². The molecule has 2 saturated heterocycles. The molecule has 0 nitrogen and oxygen atoms in total. The quantitative estimate of drug-likeness (QED) is 0.473. The Morgan fingerprint density at radius 2 is 2.00 bits per heavy atom. The molecular weight excluding hydrogens is 140 g/mol. The summed E-state index contributed by atoms with van der Waals surface area (Å²) in [7, 11) is 0.870. The van der Waals surface area contributed by atoms with Gasteiger partial charge in [-0.05, 0) is 49.9 Å². The fourth-order valence-electron chi connectivity index (χ4n) is 2.36. The molecule has 1 heteroatoms. The molecule has 2 aliphatic rings. The zero-order valence-corrected chi connectivity index (χ0v) is 7.62. The summed E-state index contributed by atoms with van der Waals surface area (Å²) >= 11 is 0. The second-order valence-corrected chi connectivity index (χ2v) is 6.50. The van der Waals surface area contributed by atoms with Gasteiger partial charge < -0.3 is 0 Å². The molecule has 3 atom stereocenters. The van der Waals surface area contributed by atoms with Crippen molar-refractivity contribution in [2.45, 2.75) is 49.5 Å². The molecule has 0 aliphatic carbocycles. The van der Waals surface area contributed by atoms with Crippen molar-refractivity contribution in [2.24, 2.45) is 0 Å². The summed E-state index contributed by atoms with van der Waals surface area (Å²) < 4.78 is 0. The van der Waals surface area contributed by atoms with Crippen molar-refractivity contribution < 1.29 is 0 Å². The van der Waals surface area contributed by atoms with Crippen molar-refractivity contribution in [3.63, 3.8) is 0 Å². The van der Waals surface area contributed by atoms with Crippen molar-refractivity contribution in [3.05, 3.63) is 0 Å². The van der Waals surface area contributed by atoms with Gasteiger partial charge in [0, 0.05) is 0 Å². The maximum atomic E-state index is 2.47. The molecular formula is C9H17S+. The summed E-state index contributed by atoms with van der Waals surface area (Å²) in [5.74, 6) is 1.58. The third-order valence-corrected chi connectivity index (χ3v) is 6.35.